The fourth-order valence-corrected chi connectivity index (χ4v) is 0.898. The zero-order valence-corrected chi connectivity index (χ0v) is 9.72. The maximum absolute atomic E-state index is 10.9. The SMILES string of the molecule is COC(=O)CC(C)NCC(C)(C)OC. The van der Waals surface area contributed by atoms with Crippen LogP contribution in [0.5, 0.6) is 0 Å². The van der Waals surface area contributed by atoms with E-state index >= 15 is 0 Å². The second-order valence-electron chi connectivity index (χ2n) is 4.03. The van der Waals surface area contributed by atoms with Crippen LogP contribution >= 0.6 is 0 Å². The van der Waals surface area contributed by atoms with Crippen LogP contribution in [0.4, 0.5) is 0 Å². The largest absolute Gasteiger partial charge is 0.469 e. The van der Waals surface area contributed by atoms with Gasteiger partial charge in [-0.1, -0.05) is 0 Å². The number of methoxy groups -OCH3 is 2. The summed E-state index contributed by atoms with van der Waals surface area (Å²) >= 11 is 0. The van der Waals surface area contributed by atoms with Crippen LogP contribution in [0.15, 0.2) is 0 Å². The van der Waals surface area contributed by atoms with Gasteiger partial charge < -0.3 is 14.8 Å². The van der Waals surface area contributed by atoms with E-state index in [9.17, 15) is 4.79 Å². The second kappa shape index (κ2) is 5.98. The third-order valence-corrected chi connectivity index (χ3v) is 2.13. The summed E-state index contributed by atoms with van der Waals surface area (Å²) < 4.78 is 9.81. The molecule has 84 valence electrons. The van der Waals surface area contributed by atoms with Gasteiger partial charge in [0.2, 0.25) is 0 Å². The van der Waals surface area contributed by atoms with E-state index < -0.39 is 0 Å². The van der Waals surface area contributed by atoms with Crippen molar-refractivity contribution in [3.8, 4) is 0 Å². The average Bonchev–Trinajstić information content (AvgIpc) is 2.15. The summed E-state index contributed by atoms with van der Waals surface area (Å²) in [6, 6.07) is 0.108. The van der Waals surface area contributed by atoms with Crippen molar-refractivity contribution in [3.63, 3.8) is 0 Å². The van der Waals surface area contributed by atoms with E-state index in [4.69, 9.17) is 4.74 Å². The smallest absolute Gasteiger partial charge is 0.307 e. The summed E-state index contributed by atoms with van der Waals surface area (Å²) in [5, 5.41) is 3.21. The zero-order valence-electron chi connectivity index (χ0n) is 9.72. The Bertz CT molecular complexity index is 180. The molecule has 0 spiro atoms. The molecule has 0 saturated carbocycles. The van der Waals surface area contributed by atoms with Crippen molar-refractivity contribution in [2.75, 3.05) is 20.8 Å². The Hall–Kier alpha value is -0.610. The minimum Gasteiger partial charge on any atom is -0.469 e. The first-order valence-corrected chi connectivity index (χ1v) is 4.76. The van der Waals surface area contributed by atoms with Crippen molar-refractivity contribution in [2.24, 2.45) is 0 Å². The quantitative estimate of drug-likeness (QED) is 0.653. The Balaban J connectivity index is 3.74. The lowest BCUT2D eigenvalue weighted by atomic mass is 10.1. The third-order valence-electron chi connectivity index (χ3n) is 2.13. The highest BCUT2D eigenvalue weighted by atomic mass is 16.5. The molecule has 0 aliphatic carbocycles. The molecular weight excluding hydrogens is 182 g/mol. The van der Waals surface area contributed by atoms with Crippen molar-refractivity contribution in [1.82, 2.24) is 5.32 Å². The molecule has 0 radical (unpaired) electrons. The lowest BCUT2D eigenvalue weighted by Crippen LogP contribution is -2.41. The highest BCUT2D eigenvalue weighted by molar-refractivity contribution is 5.69. The van der Waals surface area contributed by atoms with Gasteiger partial charge in [0.25, 0.3) is 0 Å². The first kappa shape index (κ1) is 13.4. The Morgan fingerprint density at radius 3 is 2.43 bits per heavy atom. The van der Waals surface area contributed by atoms with E-state index in [1.165, 1.54) is 7.11 Å². The summed E-state index contributed by atoms with van der Waals surface area (Å²) in [4.78, 5) is 10.9. The van der Waals surface area contributed by atoms with Crippen LogP contribution in [-0.4, -0.2) is 38.4 Å². The molecule has 0 aliphatic heterocycles. The number of nitrogens with one attached hydrogen (secondary N) is 1. The molecule has 14 heavy (non-hydrogen) atoms. The lowest BCUT2D eigenvalue weighted by Gasteiger charge is -2.25. The molecule has 1 atom stereocenters. The zero-order chi connectivity index (χ0) is 11.2. The van der Waals surface area contributed by atoms with Gasteiger partial charge in [0.1, 0.15) is 0 Å². The van der Waals surface area contributed by atoms with Crippen molar-refractivity contribution in [1.29, 1.82) is 0 Å². The maximum atomic E-state index is 10.9. The minimum absolute atomic E-state index is 0.108. The molecule has 0 rings (SSSR count). The Morgan fingerprint density at radius 2 is 2.00 bits per heavy atom. The number of hydrogen-bond donors (Lipinski definition) is 1. The Labute approximate surface area is 86.0 Å². The van der Waals surface area contributed by atoms with Crippen LogP contribution in [0.1, 0.15) is 27.2 Å². The van der Waals surface area contributed by atoms with Gasteiger partial charge in [-0.3, -0.25) is 4.79 Å². The van der Waals surface area contributed by atoms with Crippen LogP contribution in [0.2, 0.25) is 0 Å². The van der Waals surface area contributed by atoms with Crippen LogP contribution < -0.4 is 5.32 Å². The summed E-state index contributed by atoms with van der Waals surface area (Å²) in [6.45, 7) is 6.64. The van der Waals surface area contributed by atoms with Gasteiger partial charge in [0.05, 0.1) is 19.1 Å². The maximum Gasteiger partial charge on any atom is 0.307 e. The fourth-order valence-electron chi connectivity index (χ4n) is 0.898. The van der Waals surface area contributed by atoms with Crippen LogP contribution in [0, 0.1) is 0 Å². The second-order valence-corrected chi connectivity index (χ2v) is 4.03. The standard InChI is InChI=1S/C10H21NO3/c1-8(6-9(12)13-4)11-7-10(2,3)14-5/h8,11H,6-7H2,1-5H3. The van der Waals surface area contributed by atoms with Gasteiger partial charge in [-0.25, -0.2) is 0 Å². The van der Waals surface area contributed by atoms with Crippen LogP contribution in [-0.2, 0) is 14.3 Å². The molecule has 0 aromatic carbocycles. The molecule has 0 heterocycles. The summed E-state index contributed by atoms with van der Waals surface area (Å²) in [5.74, 6) is -0.194. The average molecular weight is 203 g/mol. The van der Waals surface area contributed by atoms with E-state index in [-0.39, 0.29) is 17.6 Å². The van der Waals surface area contributed by atoms with Gasteiger partial charge in [0.15, 0.2) is 0 Å². The van der Waals surface area contributed by atoms with E-state index in [2.05, 4.69) is 10.1 Å². The molecule has 0 saturated heterocycles. The molecule has 0 aromatic heterocycles. The van der Waals surface area contributed by atoms with Gasteiger partial charge in [-0.05, 0) is 20.8 Å². The molecule has 4 nitrogen and oxygen atoms in total. The Kier molecular flexibility index (Phi) is 5.72. The van der Waals surface area contributed by atoms with Gasteiger partial charge in [0, 0.05) is 19.7 Å². The van der Waals surface area contributed by atoms with Gasteiger partial charge in [-0.15, -0.1) is 0 Å². The lowest BCUT2D eigenvalue weighted by molar-refractivity contribution is -0.141. The predicted molar refractivity (Wildman–Crippen MR) is 55.2 cm³/mol. The molecule has 0 aliphatic rings. The minimum atomic E-state index is -0.204. The highest BCUT2D eigenvalue weighted by Gasteiger charge is 2.18. The van der Waals surface area contributed by atoms with Gasteiger partial charge >= 0.3 is 5.97 Å². The van der Waals surface area contributed by atoms with E-state index in [1.54, 1.807) is 7.11 Å². The Morgan fingerprint density at radius 1 is 1.43 bits per heavy atom. The summed E-state index contributed by atoms with van der Waals surface area (Å²) in [5.41, 5.74) is -0.204. The number of hydrogen-bond acceptors (Lipinski definition) is 4. The normalized spacial score (nSPS) is 13.8. The number of esters is 1. The first-order chi connectivity index (χ1) is 6.41. The molecule has 1 N–H and O–H groups in total. The van der Waals surface area contributed by atoms with E-state index in [0.717, 1.165) is 0 Å². The summed E-state index contributed by atoms with van der Waals surface area (Å²) in [7, 11) is 3.07. The number of carbonyl (C=O) groups excluding carboxylic acids is 1. The molecule has 0 amide bonds. The molecular formula is C10H21NO3. The third kappa shape index (κ3) is 5.94. The molecule has 0 bridgehead atoms. The van der Waals surface area contributed by atoms with Crippen molar-refractivity contribution in [2.45, 2.75) is 38.8 Å². The van der Waals surface area contributed by atoms with E-state index in [0.29, 0.717) is 13.0 Å². The summed E-state index contributed by atoms with van der Waals surface area (Å²) in [6.07, 6.45) is 0.385. The topological polar surface area (TPSA) is 47.6 Å². The number of ether oxygens (including phenoxy) is 2. The van der Waals surface area contributed by atoms with Crippen molar-refractivity contribution >= 4 is 5.97 Å². The van der Waals surface area contributed by atoms with Crippen LogP contribution in [0.3, 0.4) is 0 Å². The van der Waals surface area contributed by atoms with E-state index in [1.807, 2.05) is 20.8 Å². The molecule has 0 aromatic rings. The number of carbonyl (C=O) groups is 1. The number of rotatable bonds is 6. The first-order valence-electron chi connectivity index (χ1n) is 4.76. The molecule has 0 fully saturated rings. The molecule has 1 unspecified atom stereocenters. The fraction of sp³-hybridized carbons (Fsp3) is 0.900. The molecule has 4 heteroatoms. The van der Waals surface area contributed by atoms with Crippen molar-refractivity contribution < 1.29 is 14.3 Å². The van der Waals surface area contributed by atoms with Crippen molar-refractivity contribution in [3.05, 3.63) is 0 Å². The van der Waals surface area contributed by atoms with Crippen LogP contribution in [0.25, 0.3) is 0 Å². The van der Waals surface area contributed by atoms with Gasteiger partial charge in [-0.2, -0.15) is 0 Å². The monoisotopic (exact) mass is 203 g/mol. The highest BCUT2D eigenvalue weighted by Crippen LogP contribution is 2.05. The predicted octanol–water partition coefficient (Wildman–Crippen LogP) is 0.953.